The fraction of sp³-hybridized carbons (Fsp3) is 0.667. The van der Waals surface area contributed by atoms with Crippen LogP contribution in [0.25, 0.3) is 0 Å². The first kappa shape index (κ1) is 20.5. The summed E-state index contributed by atoms with van der Waals surface area (Å²) in [6, 6.07) is 9.07. The number of rotatable bonds is 5. The Hall–Kier alpha value is -1.21. The first-order valence-electron chi connectivity index (χ1n) is 9.82. The molecule has 1 aliphatic heterocycles. The number of hydrogen-bond donors (Lipinski definition) is 1. The van der Waals surface area contributed by atoms with E-state index in [0.717, 1.165) is 0 Å². The molecule has 2 aliphatic rings. The summed E-state index contributed by atoms with van der Waals surface area (Å²) in [7, 11) is -1.91. The molecular formula is C21H32O5Si. The van der Waals surface area contributed by atoms with Gasteiger partial charge in [-0.1, -0.05) is 39.0 Å². The number of carbonyl (C=O) groups is 1. The number of hydrogen-bond acceptors (Lipinski definition) is 5. The van der Waals surface area contributed by atoms with Crippen molar-refractivity contribution in [2.45, 2.75) is 70.2 Å². The van der Waals surface area contributed by atoms with E-state index in [2.05, 4.69) is 33.9 Å². The number of aliphatic hydroxyl groups is 1. The van der Waals surface area contributed by atoms with Gasteiger partial charge >= 0.3 is 5.97 Å². The smallest absolute Gasteiger partial charge is 0.338 e. The average Bonchev–Trinajstić information content (AvgIpc) is 3.08. The van der Waals surface area contributed by atoms with Gasteiger partial charge in [-0.2, -0.15) is 0 Å². The first-order chi connectivity index (χ1) is 12.6. The van der Waals surface area contributed by atoms with Crippen molar-refractivity contribution in [2.75, 3.05) is 6.61 Å². The number of aliphatic hydroxyl groups excluding tert-OH is 1. The van der Waals surface area contributed by atoms with Crippen molar-refractivity contribution in [1.29, 1.82) is 0 Å². The number of carbonyl (C=O) groups excluding carboxylic acids is 1. The average molecular weight is 393 g/mol. The Morgan fingerprint density at radius 1 is 1.22 bits per heavy atom. The molecule has 1 saturated heterocycles. The zero-order valence-corrected chi connectivity index (χ0v) is 18.0. The molecule has 1 saturated carbocycles. The van der Waals surface area contributed by atoms with Gasteiger partial charge in [0.2, 0.25) is 0 Å². The highest BCUT2D eigenvalue weighted by Gasteiger charge is 2.52. The Balaban J connectivity index is 1.71. The van der Waals surface area contributed by atoms with Crippen molar-refractivity contribution >= 4 is 14.3 Å². The molecule has 0 radical (unpaired) electrons. The molecule has 0 amide bonds. The molecule has 1 N–H and O–H groups in total. The Morgan fingerprint density at radius 2 is 1.89 bits per heavy atom. The van der Waals surface area contributed by atoms with E-state index in [9.17, 15) is 9.90 Å². The first-order valence-corrected chi connectivity index (χ1v) is 12.7. The van der Waals surface area contributed by atoms with E-state index in [1.807, 2.05) is 18.2 Å². The van der Waals surface area contributed by atoms with Gasteiger partial charge in [-0.05, 0) is 36.2 Å². The standard InChI is InChI=1S/C21H32O5Si/c1-21(2,3)27(4,5)24-13-16-15-11-19(22)25-17(15)12-18(16)26-20(23)14-9-7-6-8-10-14/h6-10,15-19,22H,11-13H2,1-5H3/t15-,16-,17+,18-,19?/m1/s1. The lowest BCUT2D eigenvalue weighted by molar-refractivity contribution is -0.0959. The van der Waals surface area contributed by atoms with Gasteiger partial charge < -0.3 is 19.0 Å². The van der Waals surface area contributed by atoms with Crippen molar-refractivity contribution in [3.8, 4) is 0 Å². The molecule has 5 nitrogen and oxygen atoms in total. The SMILES string of the molecule is CC(C)(C)[Si](C)(C)OC[C@@H]1[C@H]2CC(O)O[C@H]2C[C@H]1OC(=O)c1ccccc1. The molecule has 0 bridgehead atoms. The van der Waals surface area contributed by atoms with Gasteiger partial charge in [-0.3, -0.25) is 0 Å². The van der Waals surface area contributed by atoms with Crippen LogP contribution in [0.4, 0.5) is 0 Å². The van der Waals surface area contributed by atoms with E-state index in [1.54, 1.807) is 12.1 Å². The molecule has 27 heavy (non-hydrogen) atoms. The molecule has 6 heteroatoms. The minimum absolute atomic E-state index is 0.0499. The largest absolute Gasteiger partial charge is 0.458 e. The molecule has 1 heterocycles. The van der Waals surface area contributed by atoms with Gasteiger partial charge in [0.25, 0.3) is 0 Å². The monoisotopic (exact) mass is 392 g/mol. The van der Waals surface area contributed by atoms with Crippen molar-refractivity contribution in [3.63, 3.8) is 0 Å². The number of fused-ring (bicyclic) bond motifs is 1. The van der Waals surface area contributed by atoms with Crippen molar-refractivity contribution in [2.24, 2.45) is 11.8 Å². The fourth-order valence-electron chi connectivity index (χ4n) is 3.77. The lowest BCUT2D eigenvalue weighted by atomic mass is 9.93. The number of esters is 1. The van der Waals surface area contributed by atoms with E-state index in [1.165, 1.54) is 0 Å². The summed E-state index contributed by atoms with van der Waals surface area (Å²) in [4.78, 5) is 12.5. The topological polar surface area (TPSA) is 65.0 Å². The van der Waals surface area contributed by atoms with Crippen LogP contribution < -0.4 is 0 Å². The highest BCUT2D eigenvalue weighted by Crippen LogP contribution is 2.45. The second kappa shape index (κ2) is 7.66. The van der Waals surface area contributed by atoms with Gasteiger partial charge in [0.1, 0.15) is 6.10 Å². The molecule has 2 fully saturated rings. The van der Waals surface area contributed by atoms with E-state index in [4.69, 9.17) is 13.9 Å². The summed E-state index contributed by atoms with van der Waals surface area (Å²) in [6.45, 7) is 11.6. The van der Waals surface area contributed by atoms with Gasteiger partial charge in [0, 0.05) is 25.4 Å². The Bertz CT molecular complexity index is 654. The van der Waals surface area contributed by atoms with Crippen molar-refractivity contribution in [1.82, 2.24) is 0 Å². The summed E-state index contributed by atoms with van der Waals surface area (Å²) in [5, 5.41) is 10.0. The maximum atomic E-state index is 12.5. The third kappa shape index (κ3) is 4.45. The summed E-state index contributed by atoms with van der Waals surface area (Å²) < 4.78 is 18.0. The second-order valence-corrected chi connectivity index (χ2v) is 14.1. The summed E-state index contributed by atoms with van der Waals surface area (Å²) >= 11 is 0. The molecule has 1 aromatic carbocycles. The maximum Gasteiger partial charge on any atom is 0.338 e. The van der Waals surface area contributed by atoms with E-state index in [0.29, 0.717) is 25.0 Å². The second-order valence-electron chi connectivity index (χ2n) is 9.31. The predicted molar refractivity (Wildman–Crippen MR) is 106 cm³/mol. The van der Waals surface area contributed by atoms with E-state index < -0.39 is 14.6 Å². The predicted octanol–water partition coefficient (Wildman–Crippen LogP) is 3.98. The molecule has 1 aromatic rings. The van der Waals surface area contributed by atoms with Gasteiger partial charge in [-0.25, -0.2) is 4.79 Å². The highest BCUT2D eigenvalue weighted by molar-refractivity contribution is 6.74. The zero-order valence-electron chi connectivity index (χ0n) is 17.0. The Labute approximate surface area is 163 Å². The summed E-state index contributed by atoms with van der Waals surface area (Å²) in [5.74, 6) is -0.0919. The van der Waals surface area contributed by atoms with Crippen LogP contribution in [0.2, 0.25) is 18.1 Å². The van der Waals surface area contributed by atoms with Gasteiger partial charge in [0.15, 0.2) is 14.6 Å². The molecule has 150 valence electrons. The molecule has 0 aromatic heterocycles. The van der Waals surface area contributed by atoms with Crippen LogP contribution in [0.15, 0.2) is 30.3 Å². The summed E-state index contributed by atoms with van der Waals surface area (Å²) in [6.07, 6.45) is 0.161. The van der Waals surface area contributed by atoms with Crippen LogP contribution in [0.3, 0.4) is 0 Å². The Kier molecular flexibility index (Phi) is 5.82. The Morgan fingerprint density at radius 3 is 2.52 bits per heavy atom. The van der Waals surface area contributed by atoms with Crippen LogP contribution in [0.1, 0.15) is 44.0 Å². The third-order valence-electron chi connectivity index (χ3n) is 6.49. The van der Waals surface area contributed by atoms with Gasteiger partial charge in [0.05, 0.1) is 11.7 Å². The van der Waals surface area contributed by atoms with Crippen LogP contribution in [-0.4, -0.2) is 44.5 Å². The minimum atomic E-state index is -1.91. The minimum Gasteiger partial charge on any atom is -0.458 e. The molecule has 3 rings (SSSR count). The fourth-order valence-corrected chi connectivity index (χ4v) is 4.81. The maximum absolute atomic E-state index is 12.5. The van der Waals surface area contributed by atoms with Crippen molar-refractivity contribution < 1.29 is 23.8 Å². The highest BCUT2D eigenvalue weighted by atomic mass is 28.4. The summed E-state index contributed by atoms with van der Waals surface area (Å²) in [5.41, 5.74) is 0.555. The quantitative estimate of drug-likeness (QED) is 0.606. The van der Waals surface area contributed by atoms with Crippen LogP contribution in [0.5, 0.6) is 0 Å². The van der Waals surface area contributed by atoms with Crippen LogP contribution >= 0.6 is 0 Å². The lowest BCUT2D eigenvalue weighted by Gasteiger charge is -2.38. The third-order valence-corrected chi connectivity index (χ3v) is 11.0. The molecule has 5 atom stereocenters. The zero-order chi connectivity index (χ0) is 19.8. The van der Waals surface area contributed by atoms with Crippen molar-refractivity contribution in [3.05, 3.63) is 35.9 Å². The molecule has 1 unspecified atom stereocenters. The van der Waals surface area contributed by atoms with Gasteiger partial charge in [-0.15, -0.1) is 0 Å². The lowest BCUT2D eigenvalue weighted by Crippen LogP contribution is -2.43. The van der Waals surface area contributed by atoms with Crippen LogP contribution in [0, 0.1) is 11.8 Å². The van der Waals surface area contributed by atoms with E-state index >= 15 is 0 Å². The molecule has 1 aliphatic carbocycles. The molecular weight excluding hydrogens is 360 g/mol. The van der Waals surface area contributed by atoms with Crippen LogP contribution in [-0.2, 0) is 13.9 Å². The normalized spacial score (nSPS) is 31.0. The number of benzene rings is 1. The molecule has 0 spiro atoms. The van der Waals surface area contributed by atoms with E-state index in [-0.39, 0.29) is 35.1 Å². The number of ether oxygens (including phenoxy) is 2.